The summed E-state index contributed by atoms with van der Waals surface area (Å²) >= 11 is 1.13. The average Bonchev–Trinajstić information content (AvgIpc) is 3.12. The van der Waals surface area contributed by atoms with Gasteiger partial charge in [-0.1, -0.05) is 29.5 Å². The maximum Gasteiger partial charge on any atom is 0.286 e. The lowest BCUT2D eigenvalue weighted by atomic mass is 10.2. The summed E-state index contributed by atoms with van der Waals surface area (Å²) in [6.07, 6.45) is 0.427. The SMILES string of the molecule is Cc1cccc(NC(=O)c2nnc(CCC(=O)Nc3cc(C)ccc3F)s2)c1. The van der Waals surface area contributed by atoms with E-state index in [1.165, 1.54) is 6.07 Å². The first kappa shape index (κ1) is 19.6. The molecule has 0 aliphatic carbocycles. The van der Waals surface area contributed by atoms with E-state index < -0.39 is 5.82 Å². The molecule has 0 saturated heterocycles. The molecule has 0 radical (unpaired) electrons. The largest absolute Gasteiger partial charge is 0.324 e. The molecule has 0 aliphatic heterocycles. The molecule has 1 heterocycles. The van der Waals surface area contributed by atoms with Gasteiger partial charge in [-0.2, -0.15) is 0 Å². The molecule has 0 saturated carbocycles. The van der Waals surface area contributed by atoms with Crippen molar-refractivity contribution in [2.75, 3.05) is 10.6 Å². The minimum atomic E-state index is -0.482. The van der Waals surface area contributed by atoms with Gasteiger partial charge in [0.05, 0.1) is 5.69 Å². The summed E-state index contributed by atoms with van der Waals surface area (Å²) in [7, 11) is 0. The molecule has 0 aliphatic rings. The maximum atomic E-state index is 13.7. The number of aromatic nitrogens is 2. The van der Waals surface area contributed by atoms with Crippen LogP contribution in [0.1, 0.15) is 32.4 Å². The van der Waals surface area contributed by atoms with Crippen LogP contribution >= 0.6 is 11.3 Å². The van der Waals surface area contributed by atoms with Crippen molar-refractivity contribution >= 4 is 34.5 Å². The van der Waals surface area contributed by atoms with Crippen LogP contribution in [0.2, 0.25) is 0 Å². The number of hydrogen-bond acceptors (Lipinski definition) is 5. The van der Waals surface area contributed by atoms with Crippen molar-refractivity contribution in [2.45, 2.75) is 26.7 Å². The quantitative estimate of drug-likeness (QED) is 0.654. The summed E-state index contributed by atoms with van der Waals surface area (Å²) in [6, 6.07) is 12.0. The molecule has 144 valence electrons. The summed E-state index contributed by atoms with van der Waals surface area (Å²) in [5, 5.41) is 14.0. The van der Waals surface area contributed by atoms with Crippen LogP contribution in [0.5, 0.6) is 0 Å². The predicted octanol–water partition coefficient (Wildman–Crippen LogP) is 4.12. The fourth-order valence-electron chi connectivity index (χ4n) is 2.52. The first-order valence-corrected chi connectivity index (χ1v) is 9.49. The molecule has 0 spiro atoms. The van der Waals surface area contributed by atoms with Crippen LogP contribution in [0, 0.1) is 19.7 Å². The van der Waals surface area contributed by atoms with Gasteiger partial charge in [-0.3, -0.25) is 9.59 Å². The van der Waals surface area contributed by atoms with Crippen molar-refractivity contribution in [3.63, 3.8) is 0 Å². The minimum absolute atomic E-state index is 0.113. The van der Waals surface area contributed by atoms with Crippen LogP contribution in [-0.2, 0) is 11.2 Å². The molecule has 3 aromatic rings. The zero-order valence-corrected chi connectivity index (χ0v) is 16.3. The Morgan fingerprint density at radius 1 is 1.04 bits per heavy atom. The van der Waals surface area contributed by atoms with Gasteiger partial charge in [-0.05, 0) is 49.2 Å². The number of benzene rings is 2. The Balaban J connectivity index is 1.54. The molecule has 0 atom stereocenters. The normalized spacial score (nSPS) is 10.5. The van der Waals surface area contributed by atoms with Gasteiger partial charge < -0.3 is 10.6 Å². The summed E-state index contributed by atoms with van der Waals surface area (Å²) in [6.45, 7) is 3.76. The van der Waals surface area contributed by atoms with E-state index in [9.17, 15) is 14.0 Å². The van der Waals surface area contributed by atoms with Crippen LogP contribution in [0.25, 0.3) is 0 Å². The Morgan fingerprint density at radius 3 is 2.61 bits per heavy atom. The van der Waals surface area contributed by atoms with Crippen molar-refractivity contribution in [2.24, 2.45) is 0 Å². The lowest BCUT2D eigenvalue weighted by Gasteiger charge is -2.06. The molecule has 6 nitrogen and oxygen atoms in total. The van der Waals surface area contributed by atoms with Gasteiger partial charge in [0.2, 0.25) is 10.9 Å². The van der Waals surface area contributed by atoms with E-state index in [-0.39, 0.29) is 28.9 Å². The molecule has 0 bridgehead atoms. The highest BCUT2D eigenvalue weighted by Crippen LogP contribution is 2.18. The molecule has 28 heavy (non-hydrogen) atoms. The first-order chi connectivity index (χ1) is 13.4. The maximum absolute atomic E-state index is 13.7. The first-order valence-electron chi connectivity index (χ1n) is 8.67. The molecule has 2 aromatic carbocycles. The minimum Gasteiger partial charge on any atom is -0.324 e. The molecular formula is C20H19FN4O2S. The third kappa shape index (κ3) is 5.20. The van der Waals surface area contributed by atoms with Gasteiger partial charge in [0.1, 0.15) is 10.8 Å². The Kier molecular flexibility index (Phi) is 6.10. The lowest BCUT2D eigenvalue weighted by molar-refractivity contribution is -0.116. The van der Waals surface area contributed by atoms with Crippen LogP contribution < -0.4 is 10.6 Å². The third-order valence-corrected chi connectivity index (χ3v) is 4.88. The number of nitrogens with zero attached hydrogens (tertiary/aromatic N) is 2. The highest BCUT2D eigenvalue weighted by molar-refractivity contribution is 7.13. The van der Waals surface area contributed by atoms with Gasteiger partial charge in [0.25, 0.3) is 5.91 Å². The highest BCUT2D eigenvalue weighted by Gasteiger charge is 2.14. The Bertz CT molecular complexity index is 1020. The molecular weight excluding hydrogens is 379 g/mol. The third-order valence-electron chi connectivity index (χ3n) is 3.90. The van der Waals surface area contributed by atoms with E-state index in [1.807, 2.05) is 32.0 Å². The number of anilines is 2. The summed E-state index contributed by atoms with van der Waals surface area (Å²) in [4.78, 5) is 24.3. The highest BCUT2D eigenvalue weighted by atomic mass is 32.1. The lowest BCUT2D eigenvalue weighted by Crippen LogP contribution is -2.13. The zero-order valence-electron chi connectivity index (χ0n) is 15.5. The molecule has 8 heteroatoms. The van der Waals surface area contributed by atoms with E-state index in [0.29, 0.717) is 17.1 Å². The van der Waals surface area contributed by atoms with Gasteiger partial charge in [-0.15, -0.1) is 10.2 Å². The van der Waals surface area contributed by atoms with Crippen LogP contribution in [0.3, 0.4) is 0 Å². The van der Waals surface area contributed by atoms with Crippen LogP contribution in [0.4, 0.5) is 15.8 Å². The van der Waals surface area contributed by atoms with E-state index >= 15 is 0 Å². The number of carbonyl (C=O) groups is 2. The average molecular weight is 398 g/mol. The van der Waals surface area contributed by atoms with Crippen molar-refractivity contribution < 1.29 is 14.0 Å². The molecule has 2 N–H and O–H groups in total. The van der Waals surface area contributed by atoms with Gasteiger partial charge in [0.15, 0.2) is 0 Å². The predicted molar refractivity (Wildman–Crippen MR) is 107 cm³/mol. The van der Waals surface area contributed by atoms with Crippen molar-refractivity contribution in [3.8, 4) is 0 Å². The van der Waals surface area contributed by atoms with E-state index in [4.69, 9.17) is 0 Å². The fourth-order valence-corrected chi connectivity index (χ4v) is 3.26. The monoisotopic (exact) mass is 398 g/mol. The van der Waals surface area contributed by atoms with Crippen LogP contribution in [0.15, 0.2) is 42.5 Å². The Morgan fingerprint density at radius 2 is 1.82 bits per heavy atom. The van der Waals surface area contributed by atoms with Gasteiger partial charge in [-0.25, -0.2) is 4.39 Å². The number of rotatable bonds is 6. The summed E-state index contributed by atoms with van der Waals surface area (Å²) in [5.74, 6) is -1.16. The molecule has 1 aromatic heterocycles. The molecule has 0 fully saturated rings. The summed E-state index contributed by atoms with van der Waals surface area (Å²) in [5.41, 5.74) is 2.72. The second-order valence-electron chi connectivity index (χ2n) is 6.36. The standard InChI is InChI=1S/C20H19FN4O2S/c1-12-4-3-5-14(10-12)22-19(27)20-25-24-18(28-20)9-8-17(26)23-16-11-13(2)6-7-15(16)21/h3-7,10-11H,8-9H2,1-2H3,(H,22,27)(H,23,26). The van der Waals surface area contributed by atoms with Crippen molar-refractivity contribution in [1.29, 1.82) is 0 Å². The number of amides is 2. The smallest absolute Gasteiger partial charge is 0.286 e. The molecule has 3 rings (SSSR count). The topological polar surface area (TPSA) is 84.0 Å². The zero-order chi connectivity index (χ0) is 20.1. The van der Waals surface area contributed by atoms with Gasteiger partial charge in [0, 0.05) is 18.5 Å². The van der Waals surface area contributed by atoms with E-state index in [1.54, 1.807) is 18.2 Å². The fraction of sp³-hybridized carbons (Fsp3) is 0.200. The number of hydrogen-bond donors (Lipinski definition) is 2. The Labute approximate surface area is 165 Å². The van der Waals surface area contributed by atoms with E-state index in [0.717, 1.165) is 22.5 Å². The van der Waals surface area contributed by atoms with Crippen molar-refractivity contribution in [1.82, 2.24) is 10.2 Å². The van der Waals surface area contributed by atoms with Crippen LogP contribution in [-0.4, -0.2) is 22.0 Å². The number of aryl methyl sites for hydroxylation is 3. The molecule has 0 unspecified atom stereocenters. The number of halogens is 1. The number of nitrogens with one attached hydrogen (secondary N) is 2. The second-order valence-corrected chi connectivity index (χ2v) is 7.42. The van der Waals surface area contributed by atoms with E-state index in [2.05, 4.69) is 20.8 Å². The van der Waals surface area contributed by atoms with Crippen molar-refractivity contribution in [3.05, 3.63) is 69.4 Å². The Hall–Kier alpha value is -3.13. The van der Waals surface area contributed by atoms with Gasteiger partial charge >= 0.3 is 0 Å². The summed E-state index contributed by atoms with van der Waals surface area (Å²) < 4.78 is 13.7. The molecule has 2 amide bonds. The second kappa shape index (κ2) is 8.71. The number of carbonyl (C=O) groups excluding carboxylic acids is 2.